The second-order valence-electron chi connectivity index (χ2n) is 10.9. The van der Waals surface area contributed by atoms with Gasteiger partial charge in [-0.25, -0.2) is 4.39 Å². The average Bonchev–Trinajstić information content (AvgIpc) is 3.58. The van der Waals surface area contributed by atoms with E-state index in [1.54, 1.807) is 17.0 Å². The van der Waals surface area contributed by atoms with Gasteiger partial charge in [-0.1, -0.05) is 66.7 Å². The molecule has 4 aromatic rings. The molecular formula is C34H34FN5O3. The van der Waals surface area contributed by atoms with Crippen LogP contribution in [0.3, 0.4) is 0 Å². The first-order chi connectivity index (χ1) is 21.0. The summed E-state index contributed by atoms with van der Waals surface area (Å²) in [5.41, 5.74) is 4.07. The van der Waals surface area contributed by atoms with Gasteiger partial charge in [0.15, 0.2) is 5.82 Å². The number of halogens is 1. The third kappa shape index (κ3) is 6.73. The van der Waals surface area contributed by atoms with E-state index in [-0.39, 0.29) is 30.7 Å². The maximum Gasteiger partial charge on any atom is 0.257 e. The molecule has 3 heterocycles. The van der Waals surface area contributed by atoms with Crippen molar-refractivity contribution in [1.82, 2.24) is 20.0 Å². The minimum absolute atomic E-state index is 0.0349. The quantitative estimate of drug-likeness (QED) is 0.295. The van der Waals surface area contributed by atoms with Gasteiger partial charge in [0.25, 0.3) is 5.91 Å². The van der Waals surface area contributed by atoms with Crippen LogP contribution in [0.25, 0.3) is 22.4 Å². The standard InChI is InChI=1S/C34H34FN5O3/c35-30-11-5-4-10-29(30)34(42)40(23-28-9-6-22-43-28)24-33(41)39-20-18-38(19-21-39)32-17-16-31(36-37-32)27-14-12-26(13-15-27)25-7-2-1-3-8-25/h1-5,7-8,10-17,28H,6,9,18-24H2. The predicted molar refractivity (Wildman–Crippen MR) is 163 cm³/mol. The molecule has 9 heteroatoms. The van der Waals surface area contributed by atoms with Crippen molar-refractivity contribution in [3.63, 3.8) is 0 Å². The van der Waals surface area contributed by atoms with E-state index in [2.05, 4.69) is 51.5 Å². The van der Waals surface area contributed by atoms with Gasteiger partial charge in [-0.2, -0.15) is 0 Å². The van der Waals surface area contributed by atoms with Crippen LogP contribution in [-0.4, -0.2) is 83.8 Å². The van der Waals surface area contributed by atoms with Gasteiger partial charge in [0.2, 0.25) is 5.91 Å². The molecule has 220 valence electrons. The van der Waals surface area contributed by atoms with Crippen molar-refractivity contribution in [3.8, 4) is 22.4 Å². The molecule has 2 amide bonds. The fraction of sp³-hybridized carbons (Fsp3) is 0.294. The Morgan fingerprint density at radius 1 is 0.814 bits per heavy atom. The molecule has 0 aliphatic carbocycles. The Kier molecular flexibility index (Phi) is 8.70. The van der Waals surface area contributed by atoms with Crippen LogP contribution in [0.5, 0.6) is 0 Å². The first kappa shape index (κ1) is 28.5. The minimum atomic E-state index is -0.595. The Bertz CT molecular complexity index is 1530. The molecule has 43 heavy (non-hydrogen) atoms. The topological polar surface area (TPSA) is 78.9 Å². The van der Waals surface area contributed by atoms with Crippen molar-refractivity contribution in [1.29, 1.82) is 0 Å². The Morgan fingerprint density at radius 2 is 1.51 bits per heavy atom. The van der Waals surface area contributed by atoms with Crippen LogP contribution in [0.1, 0.15) is 23.2 Å². The molecule has 1 atom stereocenters. The lowest BCUT2D eigenvalue weighted by molar-refractivity contribution is -0.132. The summed E-state index contributed by atoms with van der Waals surface area (Å²) >= 11 is 0. The Hall–Kier alpha value is -4.63. The number of hydrogen-bond acceptors (Lipinski definition) is 6. The van der Waals surface area contributed by atoms with Gasteiger partial charge < -0.3 is 19.4 Å². The number of amides is 2. The van der Waals surface area contributed by atoms with E-state index in [1.165, 1.54) is 22.6 Å². The maximum atomic E-state index is 14.4. The summed E-state index contributed by atoms with van der Waals surface area (Å²) in [6.45, 7) is 2.94. The molecule has 0 saturated carbocycles. The number of benzene rings is 3. The molecule has 8 nitrogen and oxygen atoms in total. The molecule has 2 aliphatic heterocycles. The number of rotatable bonds is 8. The summed E-state index contributed by atoms with van der Waals surface area (Å²) < 4.78 is 20.1. The molecule has 0 bridgehead atoms. The number of anilines is 1. The minimum Gasteiger partial charge on any atom is -0.376 e. The van der Waals surface area contributed by atoms with Crippen LogP contribution in [-0.2, 0) is 9.53 Å². The molecule has 1 aromatic heterocycles. The van der Waals surface area contributed by atoms with Crippen LogP contribution < -0.4 is 4.90 Å². The molecule has 0 radical (unpaired) electrons. The van der Waals surface area contributed by atoms with Crippen LogP contribution in [0.15, 0.2) is 91.0 Å². The van der Waals surface area contributed by atoms with Crippen LogP contribution in [0, 0.1) is 5.82 Å². The van der Waals surface area contributed by atoms with Gasteiger partial charge in [-0.15, -0.1) is 10.2 Å². The molecule has 0 N–H and O–H groups in total. The van der Waals surface area contributed by atoms with Crippen LogP contribution in [0.4, 0.5) is 10.2 Å². The van der Waals surface area contributed by atoms with Crippen molar-refractivity contribution in [2.45, 2.75) is 18.9 Å². The van der Waals surface area contributed by atoms with E-state index in [1.807, 2.05) is 30.3 Å². The first-order valence-corrected chi connectivity index (χ1v) is 14.7. The van der Waals surface area contributed by atoms with Gasteiger partial charge >= 0.3 is 0 Å². The number of nitrogens with zero attached hydrogens (tertiary/aromatic N) is 5. The van der Waals surface area contributed by atoms with E-state index in [4.69, 9.17) is 4.74 Å². The summed E-state index contributed by atoms with van der Waals surface area (Å²) in [6, 6.07) is 28.3. The highest BCUT2D eigenvalue weighted by molar-refractivity contribution is 5.96. The second kappa shape index (κ2) is 13.1. The summed E-state index contributed by atoms with van der Waals surface area (Å²) in [4.78, 5) is 31.9. The Labute approximate surface area is 250 Å². The number of ether oxygens (including phenoxy) is 1. The molecule has 3 aromatic carbocycles. The summed E-state index contributed by atoms with van der Waals surface area (Å²) in [6.07, 6.45) is 1.57. The van der Waals surface area contributed by atoms with E-state index in [0.29, 0.717) is 32.8 Å². The summed E-state index contributed by atoms with van der Waals surface area (Å²) in [7, 11) is 0. The van der Waals surface area contributed by atoms with Crippen molar-refractivity contribution in [2.24, 2.45) is 0 Å². The highest BCUT2D eigenvalue weighted by Crippen LogP contribution is 2.25. The van der Waals surface area contributed by atoms with E-state index in [9.17, 15) is 14.0 Å². The molecule has 2 fully saturated rings. The number of hydrogen-bond donors (Lipinski definition) is 0. The fourth-order valence-electron chi connectivity index (χ4n) is 5.62. The average molecular weight is 580 g/mol. The molecule has 2 saturated heterocycles. The van der Waals surface area contributed by atoms with Crippen molar-refractivity contribution < 1.29 is 18.7 Å². The Balaban J connectivity index is 1.06. The van der Waals surface area contributed by atoms with Gasteiger partial charge in [0.1, 0.15) is 12.4 Å². The van der Waals surface area contributed by atoms with E-state index < -0.39 is 11.7 Å². The molecule has 0 spiro atoms. The lowest BCUT2D eigenvalue weighted by atomic mass is 10.0. The molecule has 6 rings (SSSR count). The van der Waals surface area contributed by atoms with E-state index >= 15 is 0 Å². The molecule has 1 unspecified atom stereocenters. The predicted octanol–water partition coefficient (Wildman–Crippen LogP) is 4.92. The normalized spacial score (nSPS) is 16.7. The number of carbonyl (C=O) groups is 2. The van der Waals surface area contributed by atoms with Gasteiger partial charge in [-0.05, 0) is 48.2 Å². The highest BCUT2D eigenvalue weighted by Gasteiger charge is 2.29. The van der Waals surface area contributed by atoms with E-state index in [0.717, 1.165) is 35.5 Å². The van der Waals surface area contributed by atoms with Gasteiger partial charge in [-0.3, -0.25) is 9.59 Å². The number of aromatic nitrogens is 2. The highest BCUT2D eigenvalue weighted by atomic mass is 19.1. The van der Waals surface area contributed by atoms with Crippen molar-refractivity contribution >= 4 is 17.6 Å². The number of carbonyl (C=O) groups excluding carboxylic acids is 2. The lowest BCUT2D eigenvalue weighted by Crippen LogP contribution is -2.52. The van der Waals surface area contributed by atoms with Crippen LogP contribution >= 0.6 is 0 Å². The zero-order valence-corrected chi connectivity index (χ0v) is 23.9. The SMILES string of the molecule is O=C(CN(CC1CCCO1)C(=O)c1ccccc1F)N1CCN(c2ccc(-c3ccc(-c4ccccc4)cc3)nn2)CC1. The van der Waals surface area contributed by atoms with Gasteiger partial charge in [0.05, 0.1) is 17.4 Å². The maximum absolute atomic E-state index is 14.4. The summed E-state index contributed by atoms with van der Waals surface area (Å²) in [5, 5.41) is 8.94. The summed E-state index contributed by atoms with van der Waals surface area (Å²) in [5.74, 6) is -0.498. The fourth-order valence-corrected chi connectivity index (χ4v) is 5.62. The zero-order chi connectivity index (χ0) is 29.6. The third-order valence-electron chi connectivity index (χ3n) is 8.06. The lowest BCUT2D eigenvalue weighted by Gasteiger charge is -2.36. The third-order valence-corrected chi connectivity index (χ3v) is 8.06. The molecule has 2 aliphatic rings. The smallest absolute Gasteiger partial charge is 0.257 e. The first-order valence-electron chi connectivity index (χ1n) is 14.7. The van der Waals surface area contributed by atoms with Crippen molar-refractivity contribution in [3.05, 3.63) is 102 Å². The zero-order valence-electron chi connectivity index (χ0n) is 23.9. The monoisotopic (exact) mass is 579 g/mol. The van der Waals surface area contributed by atoms with Gasteiger partial charge in [0, 0.05) is 44.9 Å². The van der Waals surface area contributed by atoms with Crippen LogP contribution in [0.2, 0.25) is 0 Å². The largest absolute Gasteiger partial charge is 0.376 e. The van der Waals surface area contributed by atoms with Crippen molar-refractivity contribution in [2.75, 3.05) is 50.8 Å². The number of piperazine rings is 1. The Morgan fingerprint density at radius 3 is 2.19 bits per heavy atom. The second-order valence-corrected chi connectivity index (χ2v) is 10.9. The molecular weight excluding hydrogens is 545 g/mol.